The molecular weight excluding hydrogens is 357 g/mol. The normalized spacial score (nSPS) is 10.8. The molecule has 0 spiro atoms. The Hall–Kier alpha value is -2.58. The molecule has 0 radical (unpaired) electrons. The first kappa shape index (κ1) is 16.3. The van der Waals surface area contributed by atoms with Gasteiger partial charge in [0.15, 0.2) is 5.52 Å². The molecule has 3 aromatic rings. The number of hydrogen-bond acceptors (Lipinski definition) is 7. The molecular formula is C14H11Cl2N5O3. The minimum Gasteiger partial charge on any atom is -0.376 e. The van der Waals surface area contributed by atoms with Crippen LogP contribution < -0.4 is 10.2 Å². The summed E-state index contributed by atoms with van der Waals surface area (Å²) in [4.78, 5) is 12.7. The fraction of sp³-hybridized carbons (Fsp3) is 0.143. The molecule has 0 bridgehead atoms. The van der Waals surface area contributed by atoms with Gasteiger partial charge in [0.2, 0.25) is 5.52 Å². The van der Waals surface area contributed by atoms with Crippen molar-refractivity contribution in [2.75, 3.05) is 24.3 Å². The number of benzene rings is 2. The van der Waals surface area contributed by atoms with Gasteiger partial charge in [-0.3, -0.25) is 10.1 Å². The highest BCUT2D eigenvalue weighted by atomic mass is 35.5. The lowest BCUT2D eigenvalue weighted by Gasteiger charge is -2.15. The molecule has 24 heavy (non-hydrogen) atoms. The molecule has 0 aliphatic carbocycles. The average Bonchev–Trinajstić information content (AvgIpc) is 2.98. The Kier molecular flexibility index (Phi) is 4.16. The van der Waals surface area contributed by atoms with Gasteiger partial charge >= 0.3 is 5.69 Å². The number of halogens is 2. The highest BCUT2D eigenvalue weighted by molar-refractivity contribution is 6.35. The number of hydrogen-bond donors (Lipinski definition) is 1. The number of rotatable bonds is 4. The molecule has 8 nitrogen and oxygen atoms in total. The van der Waals surface area contributed by atoms with E-state index in [1.165, 1.54) is 0 Å². The van der Waals surface area contributed by atoms with Gasteiger partial charge in [-0.25, -0.2) is 4.63 Å². The summed E-state index contributed by atoms with van der Waals surface area (Å²) in [6.07, 6.45) is 0. The zero-order valence-electron chi connectivity index (χ0n) is 12.6. The van der Waals surface area contributed by atoms with E-state index in [1.807, 2.05) is 0 Å². The predicted octanol–water partition coefficient (Wildman–Crippen LogP) is 4.25. The number of nitro groups is 1. The third kappa shape index (κ3) is 2.81. The van der Waals surface area contributed by atoms with E-state index in [9.17, 15) is 10.1 Å². The van der Waals surface area contributed by atoms with E-state index < -0.39 is 4.92 Å². The molecule has 0 fully saturated rings. The molecule has 0 aliphatic heterocycles. The summed E-state index contributed by atoms with van der Waals surface area (Å²) in [5.41, 5.74) is 1.34. The van der Waals surface area contributed by atoms with Crippen LogP contribution >= 0.6 is 23.2 Å². The first-order valence-electron chi connectivity index (χ1n) is 6.71. The van der Waals surface area contributed by atoms with Crippen molar-refractivity contribution < 1.29 is 9.55 Å². The van der Waals surface area contributed by atoms with Crippen molar-refractivity contribution in [3.05, 3.63) is 44.4 Å². The highest BCUT2D eigenvalue weighted by Gasteiger charge is 2.27. The van der Waals surface area contributed by atoms with Crippen LogP contribution in [-0.2, 0) is 0 Å². The lowest BCUT2D eigenvalue weighted by atomic mass is 10.1. The Morgan fingerprint density at radius 3 is 2.54 bits per heavy atom. The Morgan fingerprint density at radius 1 is 1.17 bits per heavy atom. The average molecular weight is 368 g/mol. The Bertz CT molecular complexity index is 942. The van der Waals surface area contributed by atoms with Gasteiger partial charge in [0.1, 0.15) is 5.69 Å². The van der Waals surface area contributed by atoms with Crippen LogP contribution in [0.25, 0.3) is 11.0 Å². The van der Waals surface area contributed by atoms with Crippen molar-refractivity contribution in [3.63, 3.8) is 0 Å². The second-order valence-electron chi connectivity index (χ2n) is 5.15. The molecule has 1 aromatic heterocycles. The van der Waals surface area contributed by atoms with E-state index in [-0.39, 0.29) is 16.9 Å². The zero-order valence-corrected chi connectivity index (χ0v) is 14.1. The van der Waals surface area contributed by atoms with Gasteiger partial charge in [-0.15, -0.1) is 0 Å². The van der Waals surface area contributed by atoms with Crippen LogP contribution in [0, 0.1) is 10.1 Å². The van der Waals surface area contributed by atoms with E-state index in [0.717, 1.165) is 0 Å². The SMILES string of the molecule is CN(C)c1cc(Nc2cc(Cl)ccc2Cl)c([N+](=O)[O-])c2nonc12. The standard InChI is InChI=1S/C14H11Cl2N5O3/c1-20(2)11-6-10(17-9-5-7(15)3-4-8(9)16)14(21(22)23)13-12(11)18-24-19-13/h3-6,17H,1-2H3. The van der Waals surface area contributed by atoms with Crippen LogP contribution in [0.5, 0.6) is 0 Å². The highest BCUT2D eigenvalue weighted by Crippen LogP contribution is 2.40. The van der Waals surface area contributed by atoms with Gasteiger partial charge in [0.25, 0.3) is 0 Å². The molecule has 0 aliphatic rings. The minimum absolute atomic E-state index is 0.0480. The van der Waals surface area contributed by atoms with E-state index >= 15 is 0 Å². The lowest BCUT2D eigenvalue weighted by molar-refractivity contribution is -0.382. The third-order valence-corrected chi connectivity index (χ3v) is 3.92. The third-order valence-electron chi connectivity index (χ3n) is 3.35. The van der Waals surface area contributed by atoms with E-state index in [0.29, 0.717) is 26.9 Å². The van der Waals surface area contributed by atoms with Crippen molar-refractivity contribution in [2.24, 2.45) is 0 Å². The Morgan fingerprint density at radius 2 is 1.88 bits per heavy atom. The second kappa shape index (κ2) is 6.14. The maximum atomic E-state index is 11.5. The summed E-state index contributed by atoms with van der Waals surface area (Å²) in [6.45, 7) is 0. The van der Waals surface area contributed by atoms with Crippen molar-refractivity contribution in [1.82, 2.24) is 10.3 Å². The molecule has 0 saturated carbocycles. The number of fused-ring (bicyclic) bond motifs is 1. The topological polar surface area (TPSA) is 97.3 Å². The van der Waals surface area contributed by atoms with Crippen LogP contribution in [0.1, 0.15) is 0 Å². The maximum absolute atomic E-state index is 11.5. The smallest absolute Gasteiger partial charge is 0.324 e. The van der Waals surface area contributed by atoms with Crippen LogP contribution in [0.4, 0.5) is 22.7 Å². The molecule has 3 rings (SSSR count). The molecule has 1 heterocycles. The molecule has 0 unspecified atom stereocenters. The summed E-state index contributed by atoms with van der Waals surface area (Å²) in [5, 5.41) is 22.7. The molecule has 2 aromatic carbocycles. The summed E-state index contributed by atoms with van der Waals surface area (Å²) < 4.78 is 4.69. The monoisotopic (exact) mass is 367 g/mol. The summed E-state index contributed by atoms with van der Waals surface area (Å²) >= 11 is 12.1. The van der Waals surface area contributed by atoms with E-state index in [2.05, 4.69) is 20.3 Å². The number of aromatic nitrogens is 2. The largest absolute Gasteiger partial charge is 0.376 e. The number of anilines is 3. The molecule has 0 amide bonds. The van der Waals surface area contributed by atoms with E-state index in [4.69, 9.17) is 23.2 Å². The fourth-order valence-corrected chi connectivity index (χ4v) is 2.61. The number of nitrogens with one attached hydrogen (secondary N) is 1. The summed E-state index contributed by atoms with van der Waals surface area (Å²) in [6, 6.07) is 6.39. The molecule has 1 N–H and O–H groups in total. The van der Waals surface area contributed by atoms with E-state index in [1.54, 1.807) is 43.3 Å². The Labute approximate surface area is 146 Å². The Balaban J connectivity index is 2.24. The molecule has 10 heteroatoms. The van der Waals surface area contributed by atoms with Crippen molar-refractivity contribution in [1.29, 1.82) is 0 Å². The molecule has 0 atom stereocenters. The molecule has 124 valence electrons. The van der Waals surface area contributed by atoms with Crippen LogP contribution in [0.2, 0.25) is 10.0 Å². The van der Waals surface area contributed by atoms with Crippen LogP contribution in [0.15, 0.2) is 28.9 Å². The van der Waals surface area contributed by atoms with Gasteiger partial charge in [-0.2, -0.15) is 0 Å². The van der Waals surface area contributed by atoms with Gasteiger partial charge in [-0.05, 0) is 34.6 Å². The van der Waals surface area contributed by atoms with Crippen LogP contribution in [-0.4, -0.2) is 29.3 Å². The van der Waals surface area contributed by atoms with Crippen LogP contribution in [0.3, 0.4) is 0 Å². The van der Waals surface area contributed by atoms with Gasteiger partial charge < -0.3 is 10.2 Å². The van der Waals surface area contributed by atoms with Gasteiger partial charge in [0.05, 0.1) is 21.3 Å². The summed E-state index contributed by atoms with van der Waals surface area (Å²) in [7, 11) is 3.57. The zero-order chi connectivity index (χ0) is 17.4. The van der Waals surface area contributed by atoms with Gasteiger partial charge in [-0.1, -0.05) is 23.2 Å². The molecule has 0 saturated heterocycles. The first-order valence-corrected chi connectivity index (χ1v) is 7.47. The minimum atomic E-state index is -0.549. The lowest BCUT2D eigenvalue weighted by Crippen LogP contribution is -2.10. The second-order valence-corrected chi connectivity index (χ2v) is 6.00. The first-order chi connectivity index (χ1) is 11.4. The maximum Gasteiger partial charge on any atom is 0.324 e. The summed E-state index contributed by atoms with van der Waals surface area (Å²) in [5.74, 6) is 0. The van der Waals surface area contributed by atoms with Crippen molar-refractivity contribution in [2.45, 2.75) is 0 Å². The number of nitrogens with zero attached hydrogens (tertiary/aromatic N) is 4. The predicted molar refractivity (Wildman–Crippen MR) is 92.5 cm³/mol. The quantitative estimate of drug-likeness (QED) is 0.543. The number of nitro benzene ring substituents is 1. The fourth-order valence-electron chi connectivity index (χ4n) is 2.27. The van der Waals surface area contributed by atoms with Gasteiger partial charge in [0, 0.05) is 19.1 Å². The van der Waals surface area contributed by atoms with Crippen molar-refractivity contribution in [3.8, 4) is 0 Å². The van der Waals surface area contributed by atoms with Crippen molar-refractivity contribution >= 4 is 57.0 Å².